The Morgan fingerprint density at radius 3 is 2.88 bits per heavy atom. The number of carbonyl (C=O) groups is 1. The van der Waals surface area contributed by atoms with E-state index in [-0.39, 0.29) is 5.91 Å². The van der Waals surface area contributed by atoms with Crippen molar-refractivity contribution in [1.82, 2.24) is 19.3 Å². The summed E-state index contributed by atoms with van der Waals surface area (Å²) < 4.78 is 2.23. The van der Waals surface area contributed by atoms with Crippen LogP contribution in [0.2, 0.25) is 0 Å². The summed E-state index contributed by atoms with van der Waals surface area (Å²) in [5.74, 6) is 1.44. The lowest BCUT2D eigenvalue weighted by atomic mass is 9.94. The maximum atomic E-state index is 12.7. The van der Waals surface area contributed by atoms with Crippen LogP contribution in [-0.4, -0.2) is 38.3 Å². The summed E-state index contributed by atoms with van der Waals surface area (Å²) in [6, 6.07) is 3.57. The van der Waals surface area contributed by atoms with Gasteiger partial charge in [-0.3, -0.25) is 14.2 Å². The first kappa shape index (κ1) is 15.3. The molecular weight excluding hydrogens is 320 g/mol. The average molecular weight is 340 g/mol. The Bertz CT molecular complexity index is 883. The quantitative estimate of drug-likeness (QED) is 0.718. The molecule has 0 bridgehead atoms. The molecule has 1 aliphatic rings. The summed E-state index contributed by atoms with van der Waals surface area (Å²) in [5, 5.41) is 2.18. The topological polar surface area (TPSA) is 50.5 Å². The zero-order valence-electron chi connectivity index (χ0n) is 13.9. The van der Waals surface area contributed by atoms with Gasteiger partial charge in [-0.15, -0.1) is 11.3 Å². The molecule has 1 saturated heterocycles. The highest BCUT2D eigenvalue weighted by Gasteiger charge is 2.29. The van der Waals surface area contributed by atoms with Crippen LogP contribution in [0.25, 0.3) is 4.83 Å². The van der Waals surface area contributed by atoms with Crippen molar-refractivity contribution in [2.45, 2.75) is 32.6 Å². The Balaban J connectivity index is 1.62. The van der Waals surface area contributed by atoms with Crippen molar-refractivity contribution in [2.24, 2.45) is 0 Å². The first-order valence-electron chi connectivity index (χ1n) is 8.27. The van der Waals surface area contributed by atoms with E-state index in [1.807, 2.05) is 4.90 Å². The zero-order chi connectivity index (χ0) is 16.7. The molecule has 0 radical (unpaired) electrons. The molecule has 3 aromatic heterocycles. The van der Waals surface area contributed by atoms with Gasteiger partial charge in [-0.1, -0.05) is 0 Å². The van der Waals surface area contributed by atoms with Gasteiger partial charge in [0.15, 0.2) is 0 Å². The van der Waals surface area contributed by atoms with Gasteiger partial charge in [0.25, 0.3) is 5.91 Å². The van der Waals surface area contributed by atoms with Gasteiger partial charge in [0.1, 0.15) is 10.7 Å². The molecule has 6 heteroatoms. The van der Waals surface area contributed by atoms with Gasteiger partial charge in [0.05, 0.1) is 5.69 Å². The second-order valence-electron chi connectivity index (χ2n) is 6.39. The molecule has 24 heavy (non-hydrogen) atoms. The number of pyridine rings is 1. The largest absolute Gasteiger partial charge is 0.338 e. The van der Waals surface area contributed by atoms with Crippen molar-refractivity contribution in [3.8, 4) is 0 Å². The van der Waals surface area contributed by atoms with Crippen LogP contribution in [0.5, 0.6) is 0 Å². The molecule has 0 aliphatic carbocycles. The van der Waals surface area contributed by atoms with Crippen molar-refractivity contribution < 1.29 is 4.79 Å². The number of fused-ring (bicyclic) bond motifs is 1. The summed E-state index contributed by atoms with van der Waals surface area (Å²) in [7, 11) is 0. The Morgan fingerprint density at radius 1 is 1.29 bits per heavy atom. The van der Waals surface area contributed by atoms with Crippen LogP contribution in [0, 0.1) is 13.8 Å². The number of carbonyl (C=O) groups excluding carboxylic acids is 1. The third-order valence-corrected chi connectivity index (χ3v) is 5.82. The van der Waals surface area contributed by atoms with E-state index in [0.29, 0.717) is 11.5 Å². The highest BCUT2D eigenvalue weighted by atomic mass is 32.1. The summed E-state index contributed by atoms with van der Waals surface area (Å²) in [6.45, 7) is 5.72. The normalized spacial score (nSPS) is 18.2. The molecule has 4 heterocycles. The summed E-state index contributed by atoms with van der Waals surface area (Å²) >= 11 is 1.75. The molecule has 1 fully saturated rings. The molecule has 4 rings (SSSR count). The highest BCUT2D eigenvalue weighted by molar-refractivity contribution is 7.15. The van der Waals surface area contributed by atoms with Crippen molar-refractivity contribution >= 4 is 22.1 Å². The summed E-state index contributed by atoms with van der Waals surface area (Å²) in [5.41, 5.74) is 3.09. The molecule has 0 N–H and O–H groups in total. The predicted octanol–water partition coefficient (Wildman–Crippen LogP) is 3.43. The SMILES string of the molecule is Cc1csc2c(C3CCCN(C(=O)c4ccncc4)C3)nc(C)n12. The monoisotopic (exact) mass is 340 g/mol. The van der Waals surface area contributed by atoms with Crippen molar-refractivity contribution in [2.75, 3.05) is 13.1 Å². The van der Waals surface area contributed by atoms with Crippen LogP contribution in [-0.2, 0) is 0 Å². The number of thiazole rings is 1. The fourth-order valence-corrected chi connectivity index (χ4v) is 4.69. The number of piperidine rings is 1. The Kier molecular flexibility index (Phi) is 3.84. The molecule has 0 aromatic carbocycles. The molecule has 1 atom stereocenters. The number of likely N-dealkylation sites (tertiary alicyclic amines) is 1. The number of aryl methyl sites for hydroxylation is 2. The Hall–Kier alpha value is -2.21. The second kappa shape index (κ2) is 6.02. The lowest BCUT2D eigenvalue weighted by Crippen LogP contribution is -2.39. The maximum absolute atomic E-state index is 12.7. The van der Waals surface area contributed by atoms with Crippen LogP contribution >= 0.6 is 11.3 Å². The number of hydrogen-bond donors (Lipinski definition) is 0. The molecule has 1 amide bonds. The molecule has 0 saturated carbocycles. The van der Waals surface area contributed by atoms with E-state index in [1.54, 1.807) is 35.9 Å². The van der Waals surface area contributed by atoms with Gasteiger partial charge in [-0.05, 0) is 38.8 Å². The fourth-order valence-electron chi connectivity index (χ4n) is 3.58. The van der Waals surface area contributed by atoms with Crippen LogP contribution in [0.4, 0.5) is 0 Å². The molecule has 1 aliphatic heterocycles. The lowest BCUT2D eigenvalue weighted by molar-refractivity contribution is 0.0706. The predicted molar refractivity (Wildman–Crippen MR) is 94.7 cm³/mol. The van der Waals surface area contributed by atoms with E-state index < -0.39 is 0 Å². The van der Waals surface area contributed by atoms with Crippen LogP contribution in [0.3, 0.4) is 0 Å². The number of amides is 1. The minimum atomic E-state index is 0.0941. The molecule has 3 aromatic rings. The summed E-state index contributed by atoms with van der Waals surface area (Å²) in [6.07, 6.45) is 5.45. The molecule has 124 valence electrons. The van der Waals surface area contributed by atoms with Crippen molar-refractivity contribution in [3.05, 3.63) is 52.7 Å². The second-order valence-corrected chi connectivity index (χ2v) is 7.25. The third-order valence-electron chi connectivity index (χ3n) is 4.74. The molecular formula is C18H20N4OS. The van der Waals surface area contributed by atoms with Crippen LogP contribution in [0.1, 0.15) is 46.3 Å². The number of aromatic nitrogens is 3. The van der Waals surface area contributed by atoms with E-state index in [9.17, 15) is 4.79 Å². The summed E-state index contributed by atoms with van der Waals surface area (Å²) in [4.78, 5) is 24.7. The van der Waals surface area contributed by atoms with Gasteiger partial charge in [0, 0.05) is 48.0 Å². The van der Waals surface area contributed by atoms with Crippen molar-refractivity contribution in [1.29, 1.82) is 0 Å². The smallest absolute Gasteiger partial charge is 0.253 e. The van der Waals surface area contributed by atoms with Gasteiger partial charge in [0.2, 0.25) is 0 Å². The maximum Gasteiger partial charge on any atom is 0.253 e. The minimum Gasteiger partial charge on any atom is -0.338 e. The fraction of sp³-hybridized carbons (Fsp3) is 0.389. The van der Waals surface area contributed by atoms with Gasteiger partial charge >= 0.3 is 0 Å². The molecule has 1 unspecified atom stereocenters. The zero-order valence-corrected chi connectivity index (χ0v) is 14.7. The van der Waals surface area contributed by atoms with E-state index in [2.05, 4.69) is 28.6 Å². The van der Waals surface area contributed by atoms with Gasteiger partial charge < -0.3 is 4.90 Å². The van der Waals surface area contributed by atoms with Gasteiger partial charge in [-0.25, -0.2) is 4.98 Å². The molecule has 0 spiro atoms. The van der Waals surface area contributed by atoms with Gasteiger partial charge in [-0.2, -0.15) is 0 Å². The standard InChI is InChI=1S/C18H20N4OS/c1-12-11-24-18-16(20-13(2)22(12)18)15-4-3-9-21(10-15)17(23)14-5-7-19-8-6-14/h5-8,11,15H,3-4,9-10H2,1-2H3. The Labute approximate surface area is 145 Å². The first-order valence-corrected chi connectivity index (χ1v) is 9.15. The number of hydrogen-bond acceptors (Lipinski definition) is 4. The van der Waals surface area contributed by atoms with E-state index in [1.165, 1.54) is 10.5 Å². The number of rotatable bonds is 2. The highest BCUT2D eigenvalue weighted by Crippen LogP contribution is 2.33. The third kappa shape index (κ3) is 2.51. The van der Waals surface area contributed by atoms with Crippen molar-refractivity contribution in [3.63, 3.8) is 0 Å². The van der Waals surface area contributed by atoms with Crippen LogP contribution < -0.4 is 0 Å². The average Bonchev–Trinajstić information content (AvgIpc) is 3.16. The minimum absolute atomic E-state index is 0.0941. The van der Waals surface area contributed by atoms with E-state index in [0.717, 1.165) is 37.4 Å². The lowest BCUT2D eigenvalue weighted by Gasteiger charge is -2.32. The molecule has 5 nitrogen and oxygen atoms in total. The Morgan fingerprint density at radius 2 is 2.08 bits per heavy atom. The van der Waals surface area contributed by atoms with E-state index in [4.69, 9.17) is 4.98 Å². The number of imidazole rings is 1. The van der Waals surface area contributed by atoms with E-state index >= 15 is 0 Å². The first-order chi connectivity index (χ1) is 11.6. The van der Waals surface area contributed by atoms with Crippen LogP contribution in [0.15, 0.2) is 29.9 Å². The number of nitrogens with zero attached hydrogens (tertiary/aromatic N) is 4.